The van der Waals surface area contributed by atoms with Crippen molar-refractivity contribution in [2.24, 2.45) is 0 Å². The summed E-state index contributed by atoms with van der Waals surface area (Å²) in [6, 6.07) is 14.0. The normalized spacial score (nSPS) is 12.0. The molecule has 0 aliphatic carbocycles. The minimum atomic E-state index is -0.0520. The van der Waals surface area contributed by atoms with E-state index in [1.54, 1.807) is 11.0 Å². The average molecular weight is 334 g/mol. The molecule has 0 radical (unpaired) electrons. The monoisotopic (exact) mass is 334 g/mol. The van der Waals surface area contributed by atoms with Crippen molar-refractivity contribution in [1.82, 2.24) is 20.1 Å². The topological polar surface area (TPSA) is 59.8 Å². The van der Waals surface area contributed by atoms with E-state index in [2.05, 4.69) is 41.4 Å². The van der Waals surface area contributed by atoms with Gasteiger partial charge < -0.3 is 5.32 Å². The fourth-order valence-electron chi connectivity index (χ4n) is 2.73. The van der Waals surface area contributed by atoms with Crippen molar-refractivity contribution in [2.75, 3.05) is 0 Å². The number of benzene rings is 2. The van der Waals surface area contributed by atoms with E-state index in [0.717, 1.165) is 16.8 Å². The molecule has 5 heteroatoms. The Balaban J connectivity index is 1.62. The maximum Gasteiger partial charge on any atom is 0.224 e. The van der Waals surface area contributed by atoms with Gasteiger partial charge in [0.25, 0.3) is 0 Å². The molecule has 1 amide bonds. The third kappa shape index (κ3) is 4.12. The zero-order valence-corrected chi connectivity index (χ0v) is 14.7. The SMILES string of the molecule is Cc1ccc(CC(=O)NC(C)c2ccc(-n3cncn3)cc2)cc1C. The molecule has 1 aromatic heterocycles. The highest BCUT2D eigenvalue weighted by Gasteiger charge is 2.11. The van der Waals surface area contributed by atoms with Crippen molar-refractivity contribution in [2.45, 2.75) is 33.2 Å². The van der Waals surface area contributed by atoms with Crippen molar-refractivity contribution >= 4 is 5.91 Å². The molecule has 1 heterocycles. The van der Waals surface area contributed by atoms with Crippen molar-refractivity contribution in [3.63, 3.8) is 0 Å². The quantitative estimate of drug-likeness (QED) is 0.779. The summed E-state index contributed by atoms with van der Waals surface area (Å²) in [6.07, 6.45) is 3.55. The number of hydrogen-bond donors (Lipinski definition) is 1. The molecule has 0 aliphatic heterocycles. The van der Waals surface area contributed by atoms with Crippen LogP contribution in [0.15, 0.2) is 55.1 Å². The van der Waals surface area contributed by atoms with Gasteiger partial charge in [-0.2, -0.15) is 5.10 Å². The van der Waals surface area contributed by atoms with E-state index < -0.39 is 0 Å². The van der Waals surface area contributed by atoms with Gasteiger partial charge in [-0.05, 0) is 55.2 Å². The Labute approximate surface area is 147 Å². The van der Waals surface area contributed by atoms with Crippen LogP contribution in [0, 0.1) is 13.8 Å². The Morgan fingerprint density at radius 1 is 1.12 bits per heavy atom. The molecule has 1 atom stereocenters. The number of aromatic nitrogens is 3. The van der Waals surface area contributed by atoms with Crippen molar-refractivity contribution in [3.05, 3.63) is 77.4 Å². The third-order valence-corrected chi connectivity index (χ3v) is 4.39. The van der Waals surface area contributed by atoms with Gasteiger partial charge >= 0.3 is 0 Å². The number of amides is 1. The van der Waals surface area contributed by atoms with Crippen LogP contribution >= 0.6 is 0 Å². The van der Waals surface area contributed by atoms with Gasteiger partial charge in [-0.1, -0.05) is 30.3 Å². The molecule has 0 spiro atoms. The van der Waals surface area contributed by atoms with Crippen molar-refractivity contribution < 1.29 is 4.79 Å². The summed E-state index contributed by atoms with van der Waals surface area (Å²) >= 11 is 0. The summed E-state index contributed by atoms with van der Waals surface area (Å²) in [5, 5.41) is 7.16. The maximum absolute atomic E-state index is 12.3. The van der Waals surface area contributed by atoms with Crippen LogP contribution in [0.4, 0.5) is 0 Å². The Morgan fingerprint density at radius 3 is 2.52 bits per heavy atom. The number of nitrogens with zero attached hydrogens (tertiary/aromatic N) is 3. The first-order valence-electron chi connectivity index (χ1n) is 8.33. The van der Waals surface area contributed by atoms with E-state index in [1.807, 2.05) is 37.3 Å². The first-order chi connectivity index (χ1) is 12.0. The second-order valence-electron chi connectivity index (χ2n) is 6.32. The summed E-state index contributed by atoms with van der Waals surface area (Å²) < 4.78 is 1.70. The molecule has 2 aromatic carbocycles. The highest BCUT2D eigenvalue weighted by atomic mass is 16.1. The van der Waals surface area contributed by atoms with E-state index in [-0.39, 0.29) is 11.9 Å². The zero-order chi connectivity index (χ0) is 17.8. The lowest BCUT2D eigenvalue weighted by molar-refractivity contribution is -0.121. The Morgan fingerprint density at radius 2 is 1.88 bits per heavy atom. The zero-order valence-electron chi connectivity index (χ0n) is 14.7. The minimum absolute atomic E-state index is 0.0242. The number of hydrogen-bond acceptors (Lipinski definition) is 3. The molecule has 128 valence electrons. The van der Waals surface area contributed by atoms with E-state index in [0.29, 0.717) is 6.42 Å². The average Bonchev–Trinajstić information content (AvgIpc) is 3.13. The number of carbonyl (C=O) groups is 1. The lowest BCUT2D eigenvalue weighted by Crippen LogP contribution is -2.28. The van der Waals surface area contributed by atoms with Crippen molar-refractivity contribution in [3.8, 4) is 5.69 Å². The van der Waals surface area contributed by atoms with E-state index in [9.17, 15) is 4.79 Å². The van der Waals surface area contributed by atoms with Crippen LogP contribution in [-0.2, 0) is 11.2 Å². The summed E-state index contributed by atoms with van der Waals surface area (Å²) in [6.45, 7) is 6.13. The van der Waals surface area contributed by atoms with Crippen LogP contribution in [0.3, 0.4) is 0 Å². The summed E-state index contributed by atoms with van der Waals surface area (Å²) in [7, 11) is 0. The van der Waals surface area contributed by atoms with E-state index >= 15 is 0 Å². The molecule has 1 N–H and O–H groups in total. The predicted molar refractivity (Wildman–Crippen MR) is 97.5 cm³/mol. The molecule has 3 aromatic rings. The molecule has 0 bridgehead atoms. The molecule has 3 rings (SSSR count). The molecule has 1 unspecified atom stereocenters. The third-order valence-electron chi connectivity index (χ3n) is 4.39. The first-order valence-corrected chi connectivity index (χ1v) is 8.33. The Kier molecular flexibility index (Phi) is 4.93. The fourth-order valence-corrected chi connectivity index (χ4v) is 2.73. The van der Waals surface area contributed by atoms with Crippen LogP contribution < -0.4 is 5.32 Å². The van der Waals surface area contributed by atoms with Gasteiger partial charge in [0.05, 0.1) is 18.2 Å². The molecular formula is C20H22N4O. The van der Waals surface area contributed by atoms with Crippen LogP contribution in [0.2, 0.25) is 0 Å². The Bertz CT molecular complexity index is 854. The van der Waals surface area contributed by atoms with E-state index in [1.165, 1.54) is 17.5 Å². The number of nitrogens with one attached hydrogen (secondary N) is 1. The molecule has 0 fully saturated rings. The van der Waals surface area contributed by atoms with Gasteiger partial charge in [0.2, 0.25) is 5.91 Å². The molecule has 0 saturated carbocycles. The maximum atomic E-state index is 12.3. The lowest BCUT2D eigenvalue weighted by atomic mass is 10.0. The molecule has 25 heavy (non-hydrogen) atoms. The fraction of sp³-hybridized carbons (Fsp3) is 0.250. The van der Waals surface area contributed by atoms with E-state index in [4.69, 9.17) is 0 Å². The number of rotatable bonds is 5. The second kappa shape index (κ2) is 7.30. The summed E-state index contributed by atoms with van der Waals surface area (Å²) in [5.74, 6) is 0.0242. The van der Waals surface area contributed by atoms with Gasteiger partial charge in [-0.25, -0.2) is 9.67 Å². The lowest BCUT2D eigenvalue weighted by Gasteiger charge is -2.15. The van der Waals surface area contributed by atoms with Crippen LogP contribution in [0.25, 0.3) is 5.69 Å². The van der Waals surface area contributed by atoms with Crippen molar-refractivity contribution in [1.29, 1.82) is 0 Å². The highest BCUT2D eigenvalue weighted by Crippen LogP contribution is 2.16. The smallest absolute Gasteiger partial charge is 0.224 e. The minimum Gasteiger partial charge on any atom is -0.349 e. The van der Waals surface area contributed by atoms with Gasteiger partial charge in [-0.15, -0.1) is 0 Å². The standard InChI is InChI=1S/C20H22N4O/c1-14-4-5-17(10-15(14)2)11-20(25)23-16(3)18-6-8-19(9-7-18)24-13-21-12-22-24/h4-10,12-13,16H,11H2,1-3H3,(H,23,25). The molecular weight excluding hydrogens is 312 g/mol. The number of carbonyl (C=O) groups excluding carboxylic acids is 1. The summed E-state index contributed by atoms with van der Waals surface area (Å²) in [5.41, 5.74) is 5.48. The Hall–Kier alpha value is -2.95. The molecule has 5 nitrogen and oxygen atoms in total. The van der Waals surface area contributed by atoms with Crippen LogP contribution in [-0.4, -0.2) is 20.7 Å². The molecule has 0 aliphatic rings. The largest absolute Gasteiger partial charge is 0.349 e. The first kappa shape index (κ1) is 16.9. The predicted octanol–water partition coefficient (Wildman–Crippen LogP) is 3.30. The van der Waals surface area contributed by atoms with Crippen LogP contribution in [0.1, 0.15) is 35.2 Å². The summed E-state index contributed by atoms with van der Waals surface area (Å²) in [4.78, 5) is 16.3. The highest BCUT2D eigenvalue weighted by molar-refractivity contribution is 5.79. The second-order valence-corrected chi connectivity index (χ2v) is 6.32. The van der Waals surface area contributed by atoms with Gasteiger partial charge in [-0.3, -0.25) is 4.79 Å². The van der Waals surface area contributed by atoms with Crippen LogP contribution in [0.5, 0.6) is 0 Å². The van der Waals surface area contributed by atoms with Gasteiger partial charge in [0.1, 0.15) is 12.7 Å². The van der Waals surface area contributed by atoms with Gasteiger partial charge in [0.15, 0.2) is 0 Å². The molecule has 0 saturated heterocycles. The number of aryl methyl sites for hydroxylation is 2. The van der Waals surface area contributed by atoms with Gasteiger partial charge in [0, 0.05) is 0 Å².